The van der Waals surface area contributed by atoms with Crippen LogP contribution in [0.3, 0.4) is 0 Å². The van der Waals surface area contributed by atoms with Crippen LogP contribution in [0.25, 0.3) is 0 Å². The summed E-state index contributed by atoms with van der Waals surface area (Å²) in [7, 11) is 1.62. The van der Waals surface area contributed by atoms with Crippen molar-refractivity contribution < 1.29 is 14.1 Å². The molecular weight excluding hydrogens is 239 g/mol. The van der Waals surface area contributed by atoms with E-state index in [-0.39, 0.29) is 18.3 Å². The number of hydrogen-bond donors (Lipinski definition) is 1. The third-order valence-corrected chi connectivity index (χ3v) is 2.63. The second-order valence-corrected chi connectivity index (χ2v) is 4.09. The lowest BCUT2D eigenvalue weighted by Gasteiger charge is -2.13. The van der Waals surface area contributed by atoms with E-state index in [4.69, 9.17) is 4.74 Å². The summed E-state index contributed by atoms with van der Waals surface area (Å²) in [5.74, 6) is -0.470. The van der Waals surface area contributed by atoms with Crippen LogP contribution >= 0.6 is 0 Å². The van der Waals surface area contributed by atoms with Gasteiger partial charge in [-0.25, -0.2) is 4.39 Å². The highest BCUT2D eigenvalue weighted by atomic mass is 19.1. The number of nitrogens with one attached hydrogen (secondary N) is 1. The third kappa shape index (κ3) is 4.38. The van der Waals surface area contributed by atoms with E-state index in [1.165, 1.54) is 12.1 Å². The van der Waals surface area contributed by atoms with Crippen molar-refractivity contribution in [3.8, 4) is 0 Å². The molecular formula is C12H17FN2O3. The molecule has 100 valence electrons. The van der Waals surface area contributed by atoms with Gasteiger partial charge >= 0.3 is 0 Å². The molecule has 18 heavy (non-hydrogen) atoms. The summed E-state index contributed by atoms with van der Waals surface area (Å²) in [6.45, 7) is 2.82. The largest absolute Gasteiger partial charge is 0.385 e. The predicted octanol–water partition coefficient (Wildman–Crippen LogP) is 2.25. The molecule has 1 aromatic rings. The molecule has 1 rings (SSSR count). The minimum absolute atomic E-state index is 0.0668. The summed E-state index contributed by atoms with van der Waals surface area (Å²) in [4.78, 5) is 10.3. The van der Waals surface area contributed by atoms with E-state index >= 15 is 0 Å². The van der Waals surface area contributed by atoms with Gasteiger partial charge in [0.2, 0.25) is 0 Å². The van der Waals surface area contributed by atoms with Crippen molar-refractivity contribution in [2.24, 2.45) is 0 Å². The molecule has 0 radical (unpaired) electrons. The summed E-state index contributed by atoms with van der Waals surface area (Å²) in [5.41, 5.74) is 0.284. The quantitative estimate of drug-likeness (QED) is 0.600. The van der Waals surface area contributed by atoms with Crippen LogP contribution in [0.2, 0.25) is 0 Å². The van der Waals surface area contributed by atoms with Crippen molar-refractivity contribution in [1.82, 2.24) is 5.32 Å². The minimum atomic E-state index is -0.504. The van der Waals surface area contributed by atoms with Gasteiger partial charge in [-0.1, -0.05) is 0 Å². The number of rotatable bonds is 7. The molecule has 0 heterocycles. The predicted molar refractivity (Wildman–Crippen MR) is 65.8 cm³/mol. The van der Waals surface area contributed by atoms with Crippen LogP contribution in [0.5, 0.6) is 0 Å². The Hall–Kier alpha value is -1.53. The number of ether oxygens (including phenoxy) is 1. The molecule has 0 saturated carbocycles. The first-order valence-corrected chi connectivity index (χ1v) is 5.69. The van der Waals surface area contributed by atoms with E-state index in [0.29, 0.717) is 12.2 Å². The molecule has 1 unspecified atom stereocenters. The zero-order chi connectivity index (χ0) is 13.5. The van der Waals surface area contributed by atoms with Gasteiger partial charge < -0.3 is 10.1 Å². The van der Waals surface area contributed by atoms with Crippen molar-refractivity contribution in [3.05, 3.63) is 39.7 Å². The Balaban J connectivity index is 2.65. The molecule has 6 heteroatoms. The Morgan fingerprint density at radius 1 is 1.56 bits per heavy atom. The highest BCUT2D eigenvalue weighted by molar-refractivity contribution is 5.40. The van der Waals surface area contributed by atoms with Crippen molar-refractivity contribution >= 4 is 5.69 Å². The fourth-order valence-corrected chi connectivity index (χ4v) is 1.55. The van der Waals surface area contributed by atoms with Gasteiger partial charge in [-0.3, -0.25) is 10.1 Å². The van der Waals surface area contributed by atoms with Gasteiger partial charge in [0, 0.05) is 37.9 Å². The number of halogens is 1. The normalized spacial score (nSPS) is 12.4. The highest BCUT2D eigenvalue weighted by Crippen LogP contribution is 2.19. The minimum Gasteiger partial charge on any atom is -0.385 e. The van der Waals surface area contributed by atoms with E-state index < -0.39 is 10.7 Å². The van der Waals surface area contributed by atoms with Gasteiger partial charge in [0.1, 0.15) is 5.82 Å². The summed E-state index contributed by atoms with van der Waals surface area (Å²) < 4.78 is 18.0. The van der Waals surface area contributed by atoms with Crippen LogP contribution in [0.15, 0.2) is 18.2 Å². The molecule has 0 aliphatic heterocycles. The number of nitro groups is 1. The van der Waals surface area contributed by atoms with Gasteiger partial charge in [-0.15, -0.1) is 0 Å². The zero-order valence-corrected chi connectivity index (χ0v) is 10.5. The Morgan fingerprint density at radius 3 is 2.89 bits per heavy atom. The summed E-state index contributed by atoms with van der Waals surface area (Å²) >= 11 is 0. The third-order valence-electron chi connectivity index (χ3n) is 2.63. The Kier molecular flexibility index (Phi) is 5.67. The molecule has 0 aliphatic carbocycles. The molecule has 1 atom stereocenters. The van der Waals surface area contributed by atoms with E-state index in [0.717, 1.165) is 12.5 Å². The number of benzene rings is 1. The summed E-state index contributed by atoms with van der Waals surface area (Å²) in [5, 5.41) is 13.9. The van der Waals surface area contributed by atoms with Crippen LogP contribution in [-0.4, -0.2) is 24.7 Å². The maximum absolute atomic E-state index is 13.1. The molecule has 0 aliphatic rings. The maximum Gasteiger partial charge on any atom is 0.274 e. The highest BCUT2D eigenvalue weighted by Gasteiger charge is 2.14. The fourth-order valence-electron chi connectivity index (χ4n) is 1.55. The first-order chi connectivity index (χ1) is 8.54. The van der Waals surface area contributed by atoms with E-state index in [1.54, 1.807) is 7.11 Å². The second kappa shape index (κ2) is 7.03. The lowest BCUT2D eigenvalue weighted by atomic mass is 10.1. The van der Waals surface area contributed by atoms with Crippen molar-refractivity contribution in [3.63, 3.8) is 0 Å². The average Bonchev–Trinajstić information content (AvgIpc) is 2.33. The number of methoxy groups -OCH3 is 1. The second-order valence-electron chi connectivity index (χ2n) is 4.09. The first kappa shape index (κ1) is 14.5. The molecule has 1 N–H and O–H groups in total. The van der Waals surface area contributed by atoms with Crippen LogP contribution in [-0.2, 0) is 11.3 Å². The zero-order valence-electron chi connectivity index (χ0n) is 10.5. The van der Waals surface area contributed by atoms with Gasteiger partial charge in [0.15, 0.2) is 0 Å². The monoisotopic (exact) mass is 256 g/mol. The van der Waals surface area contributed by atoms with Gasteiger partial charge in [0.25, 0.3) is 5.69 Å². The van der Waals surface area contributed by atoms with Crippen molar-refractivity contribution in [2.45, 2.75) is 25.9 Å². The topological polar surface area (TPSA) is 64.4 Å². The molecule has 0 saturated heterocycles. The SMILES string of the molecule is COCCC(C)NCc1cc(F)ccc1[N+](=O)[O-]. The van der Waals surface area contributed by atoms with Crippen LogP contribution in [0.4, 0.5) is 10.1 Å². The Bertz CT molecular complexity index is 412. The van der Waals surface area contributed by atoms with E-state index in [9.17, 15) is 14.5 Å². The maximum atomic E-state index is 13.1. The Labute approximate surface area is 105 Å². The van der Waals surface area contributed by atoms with Gasteiger partial charge in [-0.05, 0) is 25.5 Å². The molecule has 0 spiro atoms. The Morgan fingerprint density at radius 2 is 2.28 bits per heavy atom. The fraction of sp³-hybridized carbons (Fsp3) is 0.500. The smallest absolute Gasteiger partial charge is 0.274 e. The molecule has 0 aromatic heterocycles. The van der Waals surface area contributed by atoms with Crippen molar-refractivity contribution in [1.29, 1.82) is 0 Å². The summed E-state index contributed by atoms with van der Waals surface area (Å²) in [6, 6.07) is 3.61. The standard InChI is InChI=1S/C12H17FN2O3/c1-9(5-6-18-2)14-8-10-7-11(13)3-4-12(10)15(16)17/h3-4,7,9,14H,5-6,8H2,1-2H3. The van der Waals surface area contributed by atoms with Gasteiger partial charge in [-0.2, -0.15) is 0 Å². The molecule has 0 amide bonds. The molecule has 5 nitrogen and oxygen atoms in total. The molecule has 0 fully saturated rings. The summed E-state index contributed by atoms with van der Waals surface area (Å²) in [6.07, 6.45) is 0.791. The lowest BCUT2D eigenvalue weighted by Crippen LogP contribution is -2.27. The van der Waals surface area contributed by atoms with Crippen LogP contribution < -0.4 is 5.32 Å². The van der Waals surface area contributed by atoms with Crippen LogP contribution in [0.1, 0.15) is 18.9 Å². The first-order valence-electron chi connectivity index (χ1n) is 5.69. The van der Waals surface area contributed by atoms with Crippen molar-refractivity contribution in [2.75, 3.05) is 13.7 Å². The van der Waals surface area contributed by atoms with Gasteiger partial charge in [0.05, 0.1) is 4.92 Å². The number of nitrogens with zero attached hydrogens (tertiary/aromatic N) is 1. The average molecular weight is 256 g/mol. The number of nitro benzene ring substituents is 1. The lowest BCUT2D eigenvalue weighted by molar-refractivity contribution is -0.385. The van der Waals surface area contributed by atoms with E-state index in [1.807, 2.05) is 6.92 Å². The number of hydrogen-bond acceptors (Lipinski definition) is 4. The molecule has 1 aromatic carbocycles. The molecule has 0 bridgehead atoms. The van der Waals surface area contributed by atoms with Crippen LogP contribution in [0, 0.1) is 15.9 Å². The van der Waals surface area contributed by atoms with E-state index in [2.05, 4.69) is 5.32 Å².